The van der Waals surface area contributed by atoms with Crippen LogP contribution >= 0.6 is 15.9 Å². The summed E-state index contributed by atoms with van der Waals surface area (Å²) in [6, 6.07) is 19.7. The van der Waals surface area contributed by atoms with Gasteiger partial charge in [-0.1, -0.05) is 52.3 Å². The maximum absolute atomic E-state index is 12.9. The second-order valence-electron chi connectivity index (χ2n) is 6.99. The monoisotopic (exact) mass is 434 g/mol. The van der Waals surface area contributed by atoms with E-state index in [1.807, 2.05) is 55.5 Å². The minimum absolute atomic E-state index is 0.152. The van der Waals surface area contributed by atoms with Crippen LogP contribution in [0.5, 0.6) is 0 Å². The molecule has 0 radical (unpaired) electrons. The van der Waals surface area contributed by atoms with Gasteiger partial charge in [0.1, 0.15) is 11.3 Å². The Kier molecular flexibility index (Phi) is 5.14. The highest BCUT2D eigenvalue weighted by atomic mass is 79.9. The van der Waals surface area contributed by atoms with E-state index in [0.717, 1.165) is 56.3 Å². The number of Topliss-reactive ketones (excluding diaryl/α,β-unsaturated/α-hetero) is 1. The van der Waals surface area contributed by atoms with E-state index in [9.17, 15) is 4.79 Å². The van der Waals surface area contributed by atoms with Crippen LogP contribution in [0.3, 0.4) is 0 Å². The summed E-state index contributed by atoms with van der Waals surface area (Å²) in [7, 11) is 0. The number of fused-ring (bicyclic) bond motifs is 2. The molecule has 0 atom stereocenters. The highest BCUT2D eigenvalue weighted by Gasteiger charge is 2.21. The number of carbonyl (C=O) groups excluding carboxylic acids is 1. The molecule has 1 aliphatic carbocycles. The quantitative estimate of drug-likeness (QED) is 0.285. The molecule has 0 saturated heterocycles. The zero-order valence-electron chi connectivity index (χ0n) is 15.7. The van der Waals surface area contributed by atoms with Crippen LogP contribution in [0, 0.1) is 6.92 Å². The van der Waals surface area contributed by atoms with Gasteiger partial charge >= 0.3 is 0 Å². The molecule has 1 aliphatic heterocycles. The fraction of sp³-hybridized carbons (Fsp3) is 0.167. The topological polar surface area (TPSA) is 55.8 Å². The SMILES string of the molecule is Cc1ccc2c(-c3ccccc3C(=O)CCCBr)c3ccc(=[NH2+])cc-3oc2c1. The van der Waals surface area contributed by atoms with Crippen LogP contribution in [0.1, 0.15) is 28.8 Å². The molecule has 2 aliphatic rings. The van der Waals surface area contributed by atoms with E-state index >= 15 is 0 Å². The van der Waals surface area contributed by atoms with Crippen molar-refractivity contribution >= 4 is 32.7 Å². The first kappa shape index (κ1) is 18.6. The number of carbonyl (C=O) groups is 1. The minimum Gasteiger partial charge on any atom is -0.456 e. The van der Waals surface area contributed by atoms with Crippen molar-refractivity contribution in [2.75, 3.05) is 5.33 Å². The average molecular weight is 435 g/mol. The predicted molar refractivity (Wildman–Crippen MR) is 115 cm³/mol. The summed E-state index contributed by atoms with van der Waals surface area (Å²) in [5.41, 5.74) is 5.55. The maximum atomic E-state index is 12.9. The van der Waals surface area contributed by atoms with Crippen LogP contribution in [0.2, 0.25) is 0 Å². The third kappa shape index (κ3) is 3.40. The van der Waals surface area contributed by atoms with E-state index in [1.165, 1.54) is 0 Å². The van der Waals surface area contributed by atoms with Crippen LogP contribution in [0.15, 0.2) is 65.1 Å². The van der Waals surface area contributed by atoms with Gasteiger partial charge in [-0.15, -0.1) is 0 Å². The zero-order chi connectivity index (χ0) is 19.7. The molecule has 1 heterocycles. The lowest BCUT2D eigenvalue weighted by Crippen LogP contribution is -2.44. The highest BCUT2D eigenvalue weighted by molar-refractivity contribution is 9.09. The van der Waals surface area contributed by atoms with Gasteiger partial charge in [0.25, 0.3) is 0 Å². The summed E-state index contributed by atoms with van der Waals surface area (Å²) < 4.78 is 6.16. The van der Waals surface area contributed by atoms with Gasteiger partial charge in [-0.25, -0.2) is 0 Å². The lowest BCUT2D eigenvalue weighted by molar-refractivity contribution is -0.172. The van der Waals surface area contributed by atoms with E-state index in [-0.39, 0.29) is 5.78 Å². The lowest BCUT2D eigenvalue weighted by atomic mass is 9.88. The fourth-order valence-corrected chi connectivity index (χ4v) is 3.89. The van der Waals surface area contributed by atoms with E-state index < -0.39 is 0 Å². The number of alkyl halides is 1. The van der Waals surface area contributed by atoms with Crippen molar-refractivity contribution in [3.63, 3.8) is 0 Å². The normalized spacial score (nSPS) is 11.2. The molecule has 2 N–H and O–H groups in total. The molecular weight excluding hydrogens is 414 g/mol. The first-order chi connectivity index (χ1) is 13.6. The van der Waals surface area contributed by atoms with Crippen molar-refractivity contribution in [2.45, 2.75) is 19.8 Å². The number of nitrogens with two attached hydrogens (primary N) is 1. The molecule has 0 aromatic heterocycles. The number of ketones is 1. The average Bonchev–Trinajstić information content (AvgIpc) is 2.70. The van der Waals surface area contributed by atoms with Gasteiger partial charge in [0, 0.05) is 39.9 Å². The zero-order valence-corrected chi connectivity index (χ0v) is 17.3. The molecule has 2 aromatic rings. The number of benzene rings is 3. The molecule has 2 aromatic carbocycles. The first-order valence-electron chi connectivity index (χ1n) is 9.33. The largest absolute Gasteiger partial charge is 0.456 e. The number of rotatable bonds is 5. The van der Waals surface area contributed by atoms with Crippen LogP contribution in [0.4, 0.5) is 0 Å². The van der Waals surface area contributed by atoms with Crippen molar-refractivity contribution in [1.29, 1.82) is 0 Å². The number of hydrogen-bond donors (Lipinski definition) is 1. The maximum Gasteiger partial charge on any atom is 0.200 e. The molecule has 0 bridgehead atoms. The molecule has 0 spiro atoms. The Morgan fingerprint density at radius 1 is 1.04 bits per heavy atom. The number of hydrogen-bond acceptors (Lipinski definition) is 2. The Morgan fingerprint density at radius 3 is 2.68 bits per heavy atom. The minimum atomic E-state index is 0.152. The fourth-order valence-electron chi connectivity index (χ4n) is 3.61. The number of aryl methyl sites for hydroxylation is 1. The Labute approximate surface area is 172 Å². The van der Waals surface area contributed by atoms with Crippen molar-refractivity contribution < 1.29 is 14.6 Å². The molecule has 3 nitrogen and oxygen atoms in total. The van der Waals surface area contributed by atoms with E-state index in [2.05, 4.69) is 28.1 Å². The van der Waals surface area contributed by atoms with Crippen LogP contribution in [-0.4, -0.2) is 11.1 Å². The highest BCUT2D eigenvalue weighted by Crippen LogP contribution is 2.41. The van der Waals surface area contributed by atoms with E-state index in [4.69, 9.17) is 9.83 Å². The van der Waals surface area contributed by atoms with Gasteiger partial charge < -0.3 is 4.42 Å². The van der Waals surface area contributed by atoms with E-state index in [1.54, 1.807) is 0 Å². The molecule has 4 rings (SSSR count). The summed E-state index contributed by atoms with van der Waals surface area (Å²) in [6.07, 6.45) is 1.33. The summed E-state index contributed by atoms with van der Waals surface area (Å²) in [5.74, 6) is 0.871. The second-order valence-corrected chi connectivity index (χ2v) is 7.79. The molecule has 0 amide bonds. The summed E-state index contributed by atoms with van der Waals surface area (Å²) in [4.78, 5) is 12.9. The Hall–Kier alpha value is -2.72. The van der Waals surface area contributed by atoms with Crippen molar-refractivity contribution in [1.82, 2.24) is 0 Å². The van der Waals surface area contributed by atoms with E-state index in [0.29, 0.717) is 11.8 Å². The lowest BCUT2D eigenvalue weighted by Gasteiger charge is -2.17. The van der Waals surface area contributed by atoms with Crippen molar-refractivity contribution in [3.8, 4) is 22.5 Å². The molecule has 4 heteroatoms. The summed E-state index contributed by atoms with van der Waals surface area (Å²) >= 11 is 3.42. The second kappa shape index (κ2) is 7.72. The molecule has 28 heavy (non-hydrogen) atoms. The van der Waals surface area contributed by atoms with Gasteiger partial charge in [-0.2, -0.15) is 0 Å². The molecule has 0 unspecified atom stereocenters. The van der Waals surface area contributed by atoms with Crippen LogP contribution < -0.4 is 10.8 Å². The van der Waals surface area contributed by atoms with Crippen LogP contribution in [-0.2, 0) is 0 Å². The van der Waals surface area contributed by atoms with Crippen LogP contribution in [0.25, 0.3) is 33.4 Å². The van der Waals surface area contributed by atoms with Gasteiger partial charge in [0.05, 0.1) is 6.07 Å². The third-order valence-electron chi connectivity index (χ3n) is 4.94. The molecule has 0 fully saturated rings. The van der Waals surface area contributed by atoms with Gasteiger partial charge in [-0.05, 0) is 36.6 Å². The first-order valence-corrected chi connectivity index (χ1v) is 10.4. The van der Waals surface area contributed by atoms with Gasteiger partial charge in [-0.3, -0.25) is 10.2 Å². The standard InChI is InChI=1S/C24H20BrNO2/c1-15-8-10-19-22(13-15)28-23-14-16(26)9-11-20(23)24(19)18-6-3-2-5-17(18)21(27)7-4-12-25/h2-3,5-6,8-11,13-14,26H,4,7,12H2,1H3/p+1. The molecule has 140 valence electrons. The van der Waals surface area contributed by atoms with Crippen molar-refractivity contribution in [3.05, 3.63) is 77.1 Å². The Bertz CT molecular complexity index is 1210. The van der Waals surface area contributed by atoms with Gasteiger partial charge in [0.2, 0.25) is 0 Å². The molecule has 0 saturated carbocycles. The number of halogens is 1. The van der Waals surface area contributed by atoms with Crippen molar-refractivity contribution in [2.24, 2.45) is 0 Å². The third-order valence-corrected chi connectivity index (χ3v) is 5.50. The molecular formula is C24H21BrNO2+. The Morgan fingerprint density at radius 2 is 1.86 bits per heavy atom. The van der Waals surface area contributed by atoms with Gasteiger partial charge in [0.15, 0.2) is 11.1 Å². The predicted octanol–water partition coefficient (Wildman–Crippen LogP) is 4.53. The summed E-state index contributed by atoms with van der Waals surface area (Å²) in [6.45, 7) is 2.04. The smallest absolute Gasteiger partial charge is 0.200 e. The summed E-state index contributed by atoms with van der Waals surface area (Å²) in [5, 5.41) is 8.45. The Balaban J connectivity index is 2.06.